The summed E-state index contributed by atoms with van der Waals surface area (Å²) in [5.74, 6) is -0.833. The Bertz CT molecular complexity index is 527. The Morgan fingerprint density at radius 2 is 2.14 bits per heavy atom. The maximum absolute atomic E-state index is 12.3. The van der Waals surface area contributed by atoms with Crippen LogP contribution < -0.4 is 10.6 Å². The van der Waals surface area contributed by atoms with Crippen LogP contribution in [0.1, 0.15) is 42.5 Å². The molecule has 3 N–H and O–H groups in total. The van der Waals surface area contributed by atoms with E-state index in [1.807, 2.05) is 0 Å². The third-order valence-electron chi connectivity index (χ3n) is 3.23. The number of esters is 1. The first kappa shape index (κ1) is 17.5. The summed E-state index contributed by atoms with van der Waals surface area (Å²) in [6.07, 6.45) is 0.816. The van der Waals surface area contributed by atoms with Crippen molar-refractivity contribution in [3.05, 3.63) is 17.0 Å². The monoisotopic (exact) mass is 316 g/mol. The molecular weight excluding hydrogens is 296 g/mol. The highest BCUT2D eigenvalue weighted by Crippen LogP contribution is 2.16. The van der Waals surface area contributed by atoms with Crippen LogP contribution in [0.2, 0.25) is 0 Å². The molecule has 0 aromatic carbocycles. The van der Waals surface area contributed by atoms with Gasteiger partial charge in [0.05, 0.1) is 6.61 Å². The second kappa shape index (κ2) is 6.91. The third kappa shape index (κ3) is 3.74. The molecular formula is C13H21ClN4O3. The van der Waals surface area contributed by atoms with Crippen molar-refractivity contribution in [1.29, 1.82) is 0 Å². The number of aromatic nitrogens is 2. The average molecular weight is 317 g/mol. The number of halogens is 1. The van der Waals surface area contributed by atoms with E-state index >= 15 is 0 Å². The van der Waals surface area contributed by atoms with Gasteiger partial charge in [-0.15, -0.1) is 12.4 Å². The number of nitrogens with one attached hydrogen (secondary N) is 3. The number of hydrogen-bond donors (Lipinski definition) is 3. The van der Waals surface area contributed by atoms with E-state index in [1.54, 1.807) is 20.8 Å². The molecule has 7 nitrogen and oxygen atoms in total. The first-order valence-electron chi connectivity index (χ1n) is 6.72. The van der Waals surface area contributed by atoms with Crippen molar-refractivity contribution < 1.29 is 14.3 Å². The van der Waals surface area contributed by atoms with Crippen molar-refractivity contribution in [3.8, 4) is 0 Å². The molecule has 2 heterocycles. The van der Waals surface area contributed by atoms with Crippen LogP contribution in [0.4, 0.5) is 0 Å². The van der Waals surface area contributed by atoms with Gasteiger partial charge in [0.15, 0.2) is 5.69 Å². The molecule has 118 valence electrons. The lowest BCUT2D eigenvalue weighted by Gasteiger charge is -2.23. The molecule has 1 aromatic heterocycles. The zero-order chi connectivity index (χ0) is 14.8. The fraction of sp³-hybridized carbons (Fsp3) is 0.615. The second-order valence-corrected chi connectivity index (χ2v) is 5.26. The lowest BCUT2D eigenvalue weighted by Crippen LogP contribution is -2.51. The molecule has 0 bridgehead atoms. The maximum Gasteiger partial charge on any atom is 0.331 e. The van der Waals surface area contributed by atoms with Crippen LogP contribution in [0.3, 0.4) is 0 Å². The summed E-state index contributed by atoms with van der Waals surface area (Å²) in [7, 11) is 0. The van der Waals surface area contributed by atoms with E-state index in [9.17, 15) is 9.59 Å². The summed E-state index contributed by atoms with van der Waals surface area (Å²) in [5, 5.41) is 12.8. The number of rotatable bonds is 4. The molecule has 0 aliphatic carbocycles. The molecule has 1 aliphatic rings. The molecule has 1 aliphatic heterocycles. The minimum Gasteiger partial charge on any atom is -0.464 e. The second-order valence-electron chi connectivity index (χ2n) is 5.26. The van der Waals surface area contributed by atoms with Crippen molar-refractivity contribution in [2.45, 2.75) is 39.3 Å². The van der Waals surface area contributed by atoms with E-state index in [1.165, 1.54) is 0 Å². The quantitative estimate of drug-likeness (QED) is 0.705. The van der Waals surface area contributed by atoms with Crippen LogP contribution in [0.25, 0.3) is 0 Å². The van der Waals surface area contributed by atoms with Crippen LogP contribution >= 0.6 is 12.4 Å². The number of aromatic amines is 1. The molecule has 0 radical (unpaired) electrons. The molecule has 0 saturated heterocycles. The zero-order valence-corrected chi connectivity index (χ0v) is 13.2. The smallest absolute Gasteiger partial charge is 0.331 e. The SMILES string of the molecule is CCOC(=O)C(C)(C)NC(=O)c1n[nH]c2c1CNCC2.Cl. The van der Waals surface area contributed by atoms with Gasteiger partial charge < -0.3 is 15.4 Å². The molecule has 0 fully saturated rings. The Labute approximate surface area is 129 Å². The number of ether oxygens (including phenoxy) is 1. The van der Waals surface area contributed by atoms with E-state index in [-0.39, 0.29) is 24.9 Å². The van der Waals surface area contributed by atoms with E-state index in [0.717, 1.165) is 24.2 Å². The Kier molecular flexibility index (Phi) is 5.74. The standard InChI is InChI=1S/C13H20N4O3.ClH/c1-4-20-12(19)13(2,3)15-11(18)10-8-7-14-6-5-9(8)16-17-10;/h14H,4-7H2,1-3H3,(H,15,18)(H,16,17);1H. The van der Waals surface area contributed by atoms with Crippen molar-refractivity contribution in [2.24, 2.45) is 0 Å². The number of carbonyl (C=O) groups is 2. The molecule has 1 aromatic rings. The first-order chi connectivity index (χ1) is 9.45. The molecule has 0 saturated carbocycles. The summed E-state index contributed by atoms with van der Waals surface area (Å²) in [4.78, 5) is 24.1. The van der Waals surface area contributed by atoms with Gasteiger partial charge in [0, 0.05) is 30.8 Å². The molecule has 8 heteroatoms. The Morgan fingerprint density at radius 1 is 1.43 bits per heavy atom. The first-order valence-corrected chi connectivity index (χ1v) is 6.72. The van der Waals surface area contributed by atoms with Crippen LogP contribution in [-0.2, 0) is 22.5 Å². The number of H-pyrrole nitrogens is 1. The van der Waals surface area contributed by atoms with Crippen molar-refractivity contribution in [1.82, 2.24) is 20.8 Å². The minimum absolute atomic E-state index is 0. The van der Waals surface area contributed by atoms with Gasteiger partial charge in [-0.05, 0) is 20.8 Å². The number of nitrogens with zero attached hydrogens (tertiary/aromatic N) is 1. The van der Waals surface area contributed by atoms with Crippen LogP contribution in [0.5, 0.6) is 0 Å². The van der Waals surface area contributed by atoms with Crippen molar-refractivity contribution in [3.63, 3.8) is 0 Å². The zero-order valence-electron chi connectivity index (χ0n) is 12.4. The normalized spacial score (nSPS) is 13.9. The summed E-state index contributed by atoms with van der Waals surface area (Å²) in [6.45, 7) is 6.70. The van der Waals surface area contributed by atoms with Gasteiger partial charge in [-0.1, -0.05) is 0 Å². The topological polar surface area (TPSA) is 96.1 Å². The van der Waals surface area contributed by atoms with E-state index in [0.29, 0.717) is 12.2 Å². The van der Waals surface area contributed by atoms with Gasteiger partial charge in [-0.3, -0.25) is 9.89 Å². The largest absolute Gasteiger partial charge is 0.464 e. The number of carbonyl (C=O) groups excluding carboxylic acids is 2. The van der Waals surface area contributed by atoms with Gasteiger partial charge >= 0.3 is 5.97 Å². The molecule has 21 heavy (non-hydrogen) atoms. The molecule has 2 rings (SSSR count). The van der Waals surface area contributed by atoms with Gasteiger partial charge in [0.25, 0.3) is 5.91 Å². The summed E-state index contributed by atoms with van der Waals surface area (Å²) in [5.41, 5.74) is 1.10. The van der Waals surface area contributed by atoms with Crippen LogP contribution in [0.15, 0.2) is 0 Å². The van der Waals surface area contributed by atoms with Crippen LogP contribution in [-0.4, -0.2) is 40.8 Å². The van der Waals surface area contributed by atoms with E-state index in [4.69, 9.17) is 4.74 Å². The van der Waals surface area contributed by atoms with Gasteiger partial charge in [0.2, 0.25) is 0 Å². The van der Waals surface area contributed by atoms with Crippen molar-refractivity contribution >= 4 is 24.3 Å². The summed E-state index contributed by atoms with van der Waals surface area (Å²) in [6, 6.07) is 0. The summed E-state index contributed by atoms with van der Waals surface area (Å²) < 4.78 is 4.94. The van der Waals surface area contributed by atoms with E-state index < -0.39 is 11.5 Å². The van der Waals surface area contributed by atoms with Gasteiger partial charge in [-0.2, -0.15) is 5.10 Å². The fourth-order valence-electron chi connectivity index (χ4n) is 2.12. The average Bonchev–Trinajstić information content (AvgIpc) is 2.82. The van der Waals surface area contributed by atoms with Crippen molar-refractivity contribution in [2.75, 3.05) is 13.2 Å². The molecule has 1 amide bonds. The molecule has 0 spiro atoms. The highest BCUT2D eigenvalue weighted by atomic mass is 35.5. The Morgan fingerprint density at radius 3 is 2.81 bits per heavy atom. The fourth-order valence-corrected chi connectivity index (χ4v) is 2.12. The number of fused-ring (bicyclic) bond motifs is 1. The highest BCUT2D eigenvalue weighted by Gasteiger charge is 2.33. The summed E-state index contributed by atoms with van der Waals surface area (Å²) >= 11 is 0. The number of hydrogen-bond acceptors (Lipinski definition) is 5. The van der Waals surface area contributed by atoms with Gasteiger partial charge in [0.1, 0.15) is 5.54 Å². The lowest BCUT2D eigenvalue weighted by molar-refractivity contribution is -0.149. The minimum atomic E-state index is -1.08. The maximum atomic E-state index is 12.3. The molecule has 0 unspecified atom stereocenters. The predicted molar refractivity (Wildman–Crippen MR) is 79.4 cm³/mol. The third-order valence-corrected chi connectivity index (χ3v) is 3.23. The number of amides is 1. The Hall–Kier alpha value is -1.60. The Balaban J connectivity index is 0.00000220. The van der Waals surface area contributed by atoms with Gasteiger partial charge in [-0.25, -0.2) is 4.79 Å². The van der Waals surface area contributed by atoms with E-state index in [2.05, 4.69) is 20.8 Å². The van der Waals surface area contributed by atoms with Crippen LogP contribution in [0, 0.1) is 0 Å². The highest BCUT2D eigenvalue weighted by molar-refractivity contribution is 5.97. The predicted octanol–water partition coefficient (Wildman–Crippen LogP) is 0.549. The molecule has 0 atom stereocenters. The lowest BCUT2D eigenvalue weighted by atomic mass is 10.0.